The van der Waals surface area contributed by atoms with E-state index in [9.17, 15) is 14.7 Å². The first-order valence-electron chi connectivity index (χ1n) is 11.8. The molecule has 38 heavy (non-hydrogen) atoms. The number of carboxylic acids is 1. The number of rotatable bonds is 6. The van der Waals surface area contributed by atoms with E-state index in [0.717, 1.165) is 17.0 Å². The maximum absolute atomic E-state index is 13.5. The van der Waals surface area contributed by atoms with Crippen LogP contribution < -0.4 is 9.64 Å². The number of ether oxygens (including phenoxy) is 2. The molecule has 15 heteroatoms. The molecule has 0 aromatic carbocycles. The Labute approximate surface area is 224 Å². The molecular weight excluding hydrogens is 538 g/mol. The van der Waals surface area contributed by atoms with Gasteiger partial charge in [0, 0.05) is 26.1 Å². The van der Waals surface area contributed by atoms with Crippen LogP contribution in [0.25, 0.3) is 4.96 Å². The molecule has 0 radical (unpaired) electrons. The largest absolute Gasteiger partial charge is 0.481 e. The number of morpholine rings is 1. The van der Waals surface area contributed by atoms with E-state index in [1.54, 1.807) is 16.6 Å². The first-order valence-corrected chi connectivity index (χ1v) is 13.0. The minimum atomic E-state index is -1.23. The Morgan fingerprint density at radius 3 is 2.76 bits per heavy atom. The van der Waals surface area contributed by atoms with Crippen LogP contribution in [0.4, 0.5) is 5.82 Å². The molecular formula is C23H22ClN7O6S. The number of oxazole rings is 1. The Kier molecular flexibility index (Phi) is 6.37. The third kappa shape index (κ3) is 4.44. The molecule has 0 saturated carbocycles. The van der Waals surface area contributed by atoms with Crippen LogP contribution in [-0.2, 0) is 16.0 Å². The lowest BCUT2D eigenvalue weighted by molar-refractivity contribution is -0.136. The topological polar surface area (TPSA) is 148 Å². The number of fused-ring (bicyclic) bond motifs is 3. The summed E-state index contributed by atoms with van der Waals surface area (Å²) in [6.45, 7) is 4.50. The average Bonchev–Trinajstić information content (AvgIpc) is 3.62. The molecule has 4 aromatic rings. The number of aryl methyl sites for hydroxylation is 1. The number of aromatic nitrogens is 5. The Balaban J connectivity index is 1.26. The second-order valence-electron chi connectivity index (χ2n) is 8.72. The van der Waals surface area contributed by atoms with Gasteiger partial charge in [0.25, 0.3) is 5.91 Å². The number of aromatic carboxylic acids is 1. The van der Waals surface area contributed by atoms with Crippen molar-refractivity contribution in [1.29, 1.82) is 0 Å². The van der Waals surface area contributed by atoms with Crippen molar-refractivity contribution >= 4 is 45.6 Å². The highest BCUT2D eigenvalue weighted by atomic mass is 35.5. The summed E-state index contributed by atoms with van der Waals surface area (Å²) in [5, 5.41) is 14.8. The maximum Gasteiger partial charge on any atom is 0.357 e. The summed E-state index contributed by atoms with van der Waals surface area (Å²) in [5.74, 6) is -0.563. The number of nitrogens with zero attached hydrogens (tertiary/aromatic N) is 7. The van der Waals surface area contributed by atoms with Crippen LogP contribution in [-0.4, -0.2) is 85.9 Å². The molecule has 1 fully saturated rings. The van der Waals surface area contributed by atoms with E-state index in [4.69, 9.17) is 25.5 Å². The highest BCUT2D eigenvalue weighted by molar-refractivity contribution is 7.16. The third-order valence-corrected chi connectivity index (χ3v) is 7.45. The van der Waals surface area contributed by atoms with Crippen LogP contribution in [0.3, 0.4) is 0 Å². The normalized spacial score (nSPS) is 17.6. The van der Waals surface area contributed by atoms with Gasteiger partial charge in [0.2, 0.25) is 10.9 Å². The van der Waals surface area contributed by atoms with Gasteiger partial charge in [0.1, 0.15) is 17.1 Å². The number of hydrogen-bond donors (Lipinski definition) is 1. The van der Waals surface area contributed by atoms with E-state index in [1.807, 2.05) is 6.92 Å². The Bertz CT molecular complexity index is 1530. The highest BCUT2D eigenvalue weighted by Crippen LogP contribution is 2.36. The van der Waals surface area contributed by atoms with E-state index in [1.165, 1.54) is 16.2 Å². The van der Waals surface area contributed by atoms with E-state index in [2.05, 4.69) is 25.0 Å². The summed E-state index contributed by atoms with van der Waals surface area (Å²) in [6.07, 6.45) is 1.53. The molecule has 2 aliphatic rings. The Hall–Kier alpha value is -3.75. The summed E-state index contributed by atoms with van der Waals surface area (Å²) in [7, 11) is 0. The van der Waals surface area contributed by atoms with E-state index in [-0.39, 0.29) is 35.0 Å². The van der Waals surface area contributed by atoms with Crippen LogP contribution in [0.5, 0.6) is 5.75 Å². The first-order chi connectivity index (χ1) is 18.4. The van der Waals surface area contributed by atoms with Crippen LogP contribution in [0, 0.1) is 6.92 Å². The molecule has 0 bridgehead atoms. The molecule has 2 aliphatic heterocycles. The fraction of sp³-hybridized carbons (Fsp3) is 0.391. The summed E-state index contributed by atoms with van der Waals surface area (Å²) < 4.78 is 18.4. The van der Waals surface area contributed by atoms with Crippen molar-refractivity contribution < 1.29 is 28.6 Å². The molecule has 1 saturated heterocycles. The van der Waals surface area contributed by atoms with Crippen molar-refractivity contribution in [3.8, 4) is 5.75 Å². The van der Waals surface area contributed by atoms with Crippen LogP contribution in [0.2, 0.25) is 5.15 Å². The number of anilines is 1. The summed E-state index contributed by atoms with van der Waals surface area (Å²) in [6, 6.07) is 2.64. The van der Waals surface area contributed by atoms with Gasteiger partial charge in [0.15, 0.2) is 29.2 Å². The van der Waals surface area contributed by atoms with Crippen LogP contribution in [0.1, 0.15) is 38.8 Å². The molecule has 0 spiro atoms. The second-order valence-corrected chi connectivity index (χ2v) is 10.2. The fourth-order valence-electron chi connectivity index (χ4n) is 4.60. The van der Waals surface area contributed by atoms with Gasteiger partial charge < -0.3 is 28.8 Å². The number of amides is 1. The van der Waals surface area contributed by atoms with Crippen molar-refractivity contribution in [3.05, 3.63) is 51.5 Å². The quantitative estimate of drug-likeness (QED) is 0.346. The minimum absolute atomic E-state index is 0.0544. The molecule has 6 rings (SSSR count). The van der Waals surface area contributed by atoms with Crippen molar-refractivity contribution in [3.63, 3.8) is 0 Å². The zero-order valence-electron chi connectivity index (χ0n) is 20.2. The molecule has 6 heterocycles. The molecule has 13 nitrogen and oxygen atoms in total. The number of carbonyl (C=O) groups is 2. The predicted octanol–water partition coefficient (Wildman–Crippen LogP) is 2.22. The number of halogens is 1. The van der Waals surface area contributed by atoms with Gasteiger partial charge in [-0.05, 0) is 19.1 Å². The lowest BCUT2D eigenvalue weighted by Crippen LogP contribution is -2.43. The van der Waals surface area contributed by atoms with Crippen molar-refractivity contribution in [1.82, 2.24) is 29.5 Å². The van der Waals surface area contributed by atoms with E-state index >= 15 is 0 Å². The monoisotopic (exact) mass is 559 g/mol. The first kappa shape index (κ1) is 24.6. The maximum atomic E-state index is 13.5. The molecule has 1 atom stereocenters. The number of carboxylic acid groups (broad SMARTS) is 1. The van der Waals surface area contributed by atoms with Gasteiger partial charge in [-0.25, -0.2) is 24.3 Å². The molecule has 4 aromatic heterocycles. The van der Waals surface area contributed by atoms with Gasteiger partial charge >= 0.3 is 5.97 Å². The number of imidazole rings is 1. The lowest BCUT2D eigenvalue weighted by atomic mass is 10.0. The van der Waals surface area contributed by atoms with Gasteiger partial charge in [-0.15, -0.1) is 0 Å². The minimum Gasteiger partial charge on any atom is -0.481 e. The average molecular weight is 560 g/mol. The molecule has 0 aliphatic carbocycles. The summed E-state index contributed by atoms with van der Waals surface area (Å²) >= 11 is 7.80. The molecule has 198 valence electrons. The number of hydrogen-bond acceptors (Lipinski definition) is 11. The van der Waals surface area contributed by atoms with E-state index in [0.29, 0.717) is 55.7 Å². The molecule has 1 amide bonds. The van der Waals surface area contributed by atoms with E-state index < -0.39 is 12.0 Å². The second kappa shape index (κ2) is 9.85. The SMILES string of the molecule is Cc1nn2c3c(nc2s1)CCN(C(=O)COc1ccc(N2CCOCC2)nc1Cl)C3c1nc(C(=O)O)co1. The molecule has 1 N–H and O–H groups in total. The molecule has 1 unspecified atom stereocenters. The number of pyridine rings is 1. The van der Waals surface area contributed by atoms with Crippen molar-refractivity contribution in [2.75, 3.05) is 44.4 Å². The zero-order chi connectivity index (χ0) is 26.4. The Morgan fingerprint density at radius 1 is 1.21 bits per heavy atom. The van der Waals surface area contributed by atoms with Crippen molar-refractivity contribution in [2.24, 2.45) is 0 Å². The Morgan fingerprint density at radius 2 is 2.03 bits per heavy atom. The zero-order valence-corrected chi connectivity index (χ0v) is 21.7. The fourth-order valence-corrected chi connectivity index (χ4v) is 5.58. The number of carbonyl (C=O) groups excluding carboxylic acids is 1. The van der Waals surface area contributed by atoms with Crippen LogP contribution >= 0.6 is 22.9 Å². The summed E-state index contributed by atoms with van der Waals surface area (Å²) in [4.78, 5) is 42.4. The predicted molar refractivity (Wildman–Crippen MR) is 134 cm³/mol. The van der Waals surface area contributed by atoms with Gasteiger partial charge in [0.05, 0.1) is 24.6 Å². The third-order valence-electron chi connectivity index (χ3n) is 6.36. The van der Waals surface area contributed by atoms with Crippen LogP contribution in [0.15, 0.2) is 22.8 Å². The van der Waals surface area contributed by atoms with Gasteiger partial charge in [-0.1, -0.05) is 22.9 Å². The highest BCUT2D eigenvalue weighted by Gasteiger charge is 2.40. The summed E-state index contributed by atoms with van der Waals surface area (Å²) in [5.41, 5.74) is 1.10. The van der Waals surface area contributed by atoms with Crippen molar-refractivity contribution in [2.45, 2.75) is 19.4 Å². The standard InChI is InChI=1S/C23H22ClN7O6S/c1-12-28-31-18-13(26-23(31)38-12)4-5-30(19(18)21-25-14(10-37-21)22(33)34)17(32)11-36-15-2-3-16(27-20(15)24)29-6-8-35-9-7-29/h2-3,10,19H,4-9,11H2,1H3,(H,33,34). The van der Waals surface area contributed by atoms with Gasteiger partial charge in [-0.2, -0.15) is 5.10 Å². The lowest BCUT2D eigenvalue weighted by Gasteiger charge is -2.33. The smallest absolute Gasteiger partial charge is 0.357 e. The van der Waals surface area contributed by atoms with Gasteiger partial charge in [-0.3, -0.25) is 4.79 Å².